The highest BCUT2D eigenvalue weighted by Crippen LogP contribution is 2.21. The van der Waals surface area contributed by atoms with Gasteiger partial charge in [-0.1, -0.05) is 42.1 Å². The van der Waals surface area contributed by atoms with Gasteiger partial charge in [0.2, 0.25) is 5.91 Å². The van der Waals surface area contributed by atoms with Crippen LogP contribution < -0.4 is 10.1 Å². The molecule has 0 aliphatic heterocycles. The first-order valence-electron chi connectivity index (χ1n) is 9.16. The molecule has 1 heterocycles. The number of ether oxygens (including phenoxy) is 1. The number of methoxy groups -OCH3 is 1. The Morgan fingerprint density at radius 3 is 2.64 bits per heavy atom. The summed E-state index contributed by atoms with van der Waals surface area (Å²) >= 11 is 1.37. The minimum absolute atomic E-state index is 0.00478. The van der Waals surface area contributed by atoms with E-state index in [1.54, 1.807) is 13.4 Å². The maximum absolute atomic E-state index is 12.3. The summed E-state index contributed by atoms with van der Waals surface area (Å²) < 4.78 is 7.04. The Labute approximate surface area is 169 Å². The van der Waals surface area contributed by atoms with E-state index < -0.39 is 0 Å². The van der Waals surface area contributed by atoms with Crippen LogP contribution in [0.2, 0.25) is 0 Å². The third kappa shape index (κ3) is 5.60. The molecule has 0 fully saturated rings. The largest absolute Gasteiger partial charge is 0.497 e. The first-order valence-corrected chi connectivity index (χ1v) is 10.1. The summed E-state index contributed by atoms with van der Waals surface area (Å²) in [6.07, 6.45) is 3.49. The first kappa shape index (κ1) is 19.9. The molecule has 1 amide bonds. The number of rotatable bonds is 9. The maximum Gasteiger partial charge on any atom is 0.230 e. The van der Waals surface area contributed by atoms with Gasteiger partial charge in [-0.3, -0.25) is 9.36 Å². The molecule has 146 valence electrons. The van der Waals surface area contributed by atoms with Gasteiger partial charge in [-0.05, 0) is 49.6 Å². The number of thioether (sulfide) groups is 1. The Kier molecular flexibility index (Phi) is 7.08. The van der Waals surface area contributed by atoms with Crippen LogP contribution in [0.25, 0.3) is 5.69 Å². The third-order valence-electron chi connectivity index (χ3n) is 4.32. The number of hydrogen-bond donors (Lipinski definition) is 1. The minimum Gasteiger partial charge on any atom is -0.497 e. The second-order valence-corrected chi connectivity index (χ2v) is 7.41. The van der Waals surface area contributed by atoms with Gasteiger partial charge in [-0.15, -0.1) is 10.2 Å². The Morgan fingerprint density at radius 1 is 1.18 bits per heavy atom. The predicted molar refractivity (Wildman–Crippen MR) is 111 cm³/mol. The number of nitrogens with zero attached hydrogens (tertiary/aromatic N) is 3. The number of aromatic nitrogens is 3. The molecule has 0 radical (unpaired) electrons. The van der Waals surface area contributed by atoms with Crippen LogP contribution in [0.15, 0.2) is 66.1 Å². The first-order chi connectivity index (χ1) is 13.7. The molecule has 3 rings (SSSR count). The van der Waals surface area contributed by atoms with Gasteiger partial charge in [0.15, 0.2) is 5.16 Å². The molecule has 1 N–H and O–H groups in total. The van der Waals surface area contributed by atoms with Crippen LogP contribution in [0, 0.1) is 0 Å². The molecule has 0 bridgehead atoms. The quantitative estimate of drug-likeness (QED) is 0.561. The van der Waals surface area contributed by atoms with E-state index in [1.165, 1.54) is 17.3 Å². The summed E-state index contributed by atoms with van der Waals surface area (Å²) in [7, 11) is 1.63. The molecule has 2 aromatic carbocycles. The minimum atomic E-state index is -0.00478. The van der Waals surface area contributed by atoms with Crippen LogP contribution in [0.3, 0.4) is 0 Å². The van der Waals surface area contributed by atoms with Gasteiger partial charge < -0.3 is 10.1 Å². The van der Waals surface area contributed by atoms with Crippen molar-refractivity contribution in [3.05, 3.63) is 66.5 Å². The van der Waals surface area contributed by atoms with E-state index in [0.29, 0.717) is 10.9 Å². The highest BCUT2D eigenvalue weighted by Gasteiger charge is 2.12. The molecule has 0 saturated heterocycles. The third-order valence-corrected chi connectivity index (χ3v) is 5.26. The number of carbonyl (C=O) groups is 1. The number of carbonyl (C=O) groups excluding carboxylic acids is 1. The average molecular weight is 397 g/mol. The van der Waals surface area contributed by atoms with Gasteiger partial charge in [0.1, 0.15) is 12.1 Å². The number of nitrogens with one attached hydrogen (secondary N) is 1. The predicted octanol–water partition coefficient (Wildman–Crippen LogP) is 3.51. The lowest BCUT2D eigenvalue weighted by Crippen LogP contribution is -2.34. The van der Waals surface area contributed by atoms with Crippen molar-refractivity contribution in [1.82, 2.24) is 20.1 Å². The van der Waals surface area contributed by atoms with Crippen molar-refractivity contribution < 1.29 is 9.53 Å². The summed E-state index contributed by atoms with van der Waals surface area (Å²) in [6.45, 7) is 2.03. The molecule has 0 saturated carbocycles. The van der Waals surface area contributed by atoms with Crippen molar-refractivity contribution in [1.29, 1.82) is 0 Å². The zero-order valence-corrected chi connectivity index (χ0v) is 16.9. The van der Waals surface area contributed by atoms with Crippen LogP contribution in [0.4, 0.5) is 0 Å². The molecule has 0 aliphatic carbocycles. The molecule has 6 nitrogen and oxygen atoms in total. The lowest BCUT2D eigenvalue weighted by Gasteiger charge is -2.14. The van der Waals surface area contributed by atoms with E-state index in [0.717, 1.165) is 24.3 Å². The summed E-state index contributed by atoms with van der Waals surface area (Å²) in [5, 5.41) is 11.8. The van der Waals surface area contributed by atoms with Crippen molar-refractivity contribution in [2.24, 2.45) is 0 Å². The van der Waals surface area contributed by atoms with E-state index in [9.17, 15) is 4.79 Å². The molecular weight excluding hydrogens is 372 g/mol. The normalized spacial score (nSPS) is 11.8. The second-order valence-electron chi connectivity index (χ2n) is 6.46. The van der Waals surface area contributed by atoms with E-state index >= 15 is 0 Å². The zero-order chi connectivity index (χ0) is 19.8. The topological polar surface area (TPSA) is 69.0 Å². The summed E-state index contributed by atoms with van der Waals surface area (Å²) in [6, 6.07) is 18.0. The molecule has 0 spiro atoms. The molecule has 28 heavy (non-hydrogen) atoms. The standard InChI is InChI=1S/C21H24N4O2S/c1-16(8-9-17-6-4-3-5-7-17)23-20(26)14-28-21-24-22-15-25(21)18-10-12-19(27-2)13-11-18/h3-7,10-13,15-16H,8-9,14H2,1-2H3,(H,23,26). The maximum atomic E-state index is 12.3. The summed E-state index contributed by atoms with van der Waals surface area (Å²) in [5.74, 6) is 1.08. The second kappa shape index (κ2) is 9.94. The van der Waals surface area contributed by atoms with Crippen LogP contribution in [0.1, 0.15) is 18.9 Å². The summed E-state index contributed by atoms with van der Waals surface area (Å²) in [5.41, 5.74) is 2.20. The van der Waals surface area contributed by atoms with E-state index in [-0.39, 0.29) is 11.9 Å². The Morgan fingerprint density at radius 2 is 1.93 bits per heavy atom. The zero-order valence-electron chi connectivity index (χ0n) is 16.0. The Hall–Kier alpha value is -2.80. The van der Waals surface area contributed by atoms with Gasteiger partial charge in [0.25, 0.3) is 0 Å². The van der Waals surface area contributed by atoms with E-state index in [1.807, 2.05) is 54.0 Å². The van der Waals surface area contributed by atoms with Gasteiger partial charge in [0, 0.05) is 11.7 Å². The lowest BCUT2D eigenvalue weighted by molar-refractivity contribution is -0.119. The monoisotopic (exact) mass is 396 g/mol. The lowest BCUT2D eigenvalue weighted by atomic mass is 10.1. The molecular formula is C21H24N4O2S. The van der Waals surface area contributed by atoms with Crippen LogP contribution in [-0.2, 0) is 11.2 Å². The van der Waals surface area contributed by atoms with Crippen molar-refractivity contribution in [2.45, 2.75) is 31.0 Å². The Bertz CT molecular complexity index is 881. The van der Waals surface area contributed by atoms with Crippen molar-refractivity contribution in [2.75, 3.05) is 12.9 Å². The number of hydrogen-bond acceptors (Lipinski definition) is 5. The van der Waals surface area contributed by atoms with Crippen LogP contribution >= 0.6 is 11.8 Å². The number of aryl methyl sites for hydroxylation is 1. The van der Waals surface area contributed by atoms with Gasteiger partial charge >= 0.3 is 0 Å². The van der Waals surface area contributed by atoms with Crippen molar-refractivity contribution >= 4 is 17.7 Å². The van der Waals surface area contributed by atoms with Crippen molar-refractivity contribution in [3.8, 4) is 11.4 Å². The van der Waals surface area contributed by atoms with Gasteiger partial charge in [0.05, 0.1) is 12.9 Å². The molecule has 1 atom stereocenters. The number of benzene rings is 2. The summed E-state index contributed by atoms with van der Waals surface area (Å²) in [4.78, 5) is 12.3. The number of amides is 1. The fourth-order valence-corrected chi connectivity index (χ4v) is 3.53. The molecule has 0 aliphatic rings. The molecule has 1 unspecified atom stereocenters. The van der Waals surface area contributed by atoms with Crippen LogP contribution in [0.5, 0.6) is 5.75 Å². The highest BCUT2D eigenvalue weighted by atomic mass is 32.2. The fourth-order valence-electron chi connectivity index (χ4n) is 2.79. The van der Waals surface area contributed by atoms with Gasteiger partial charge in [-0.2, -0.15) is 0 Å². The van der Waals surface area contributed by atoms with Crippen LogP contribution in [-0.4, -0.2) is 39.6 Å². The Balaban J connectivity index is 1.49. The smallest absolute Gasteiger partial charge is 0.230 e. The van der Waals surface area contributed by atoms with E-state index in [4.69, 9.17) is 4.74 Å². The SMILES string of the molecule is COc1ccc(-n2cnnc2SCC(=O)NC(C)CCc2ccccc2)cc1. The molecule has 7 heteroatoms. The fraction of sp³-hybridized carbons (Fsp3) is 0.286. The van der Waals surface area contributed by atoms with Crippen molar-refractivity contribution in [3.63, 3.8) is 0 Å². The molecule has 1 aromatic heterocycles. The highest BCUT2D eigenvalue weighted by molar-refractivity contribution is 7.99. The average Bonchev–Trinajstić information content (AvgIpc) is 3.20. The molecule has 3 aromatic rings. The van der Waals surface area contributed by atoms with E-state index in [2.05, 4.69) is 27.6 Å². The van der Waals surface area contributed by atoms with Gasteiger partial charge in [-0.25, -0.2) is 0 Å².